The SMILES string of the molecule is CCCCCCC(C)OC1CC(Br)C1. The van der Waals surface area contributed by atoms with Gasteiger partial charge in [-0.05, 0) is 26.2 Å². The third-order valence-corrected chi connectivity index (χ3v) is 3.67. The molecule has 1 aliphatic carbocycles. The molecule has 1 saturated carbocycles. The van der Waals surface area contributed by atoms with Gasteiger partial charge >= 0.3 is 0 Å². The quantitative estimate of drug-likeness (QED) is 0.492. The summed E-state index contributed by atoms with van der Waals surface area (Å²) in [4.78, 5) is 0.722. The van der Waals surface area contributed by atoms with Crippen LogP contribution in [0.4, 0.5) is 0 Å². The fourth-order valence-corrected chi connectivity index (χ4v) is 2.70. The van der Waals surface area contributed by atoms with Crippen molar-refractivity contribution >= 4 is 15.9 Å². The standard InChI is InChI=1S/C12H23BrO/c1-3-4-5-6-7-10(2)14-12-8-11(13)9-12/h10-12H,3-9H2,1-2H3. The molecule has 1 unspecified atom stereocenters. The number of halogens is 1. The first kappa shape index (κ1) is 12.5. The van der Waals surface area contributed by atoms with E-state index in [-0.39, 0.29) is 0 Å². The van der Waals surface area contributed by atoms with E-state index in [1.165, 1.54) is 44.9 Å². The van der Waals surface area contributed by atoms with Crippen molar-refractivity contribution in [3.8, 4) is 0 Å². The van der Waals surface area contributed by atoms with Crippen LogP contribution in [0.3, 0.4) is 0 Å². The molecule has 1 aliphatic rings. The Labute approximate surface area is 96.7 Å². The highest BCUT2D eigenvalue weighted by Gasteiger charge is 2.28. The van der Waals surface area contributed by atoms with Gasteiger partial charge in [0.05, 0.1) is 12.2 Å². The van der Waals surface area contributed by atoms with Crippen molar-refractivity contribution < 1.29 is 4.74 Å². The van der Waals surface area contributed by atoms with Crippen molar-refractivity contribution in [3.63, 3.8) is 0 Å². The van der Waals surface area contributed by atoms with Crippen LogP contribution in [0, 0.1) is 0 Å². The predicted octanol–water partition coefficient (Wildman–Crippen LogP) is 4.29. The summed E-state index contributed by atoms with van der Waals surface area (Å²) in [5.41, 5.74) is 0. The van der Waals surface area contributed by atoms with E-state index < -0.39 is 0 Å². The molecule has 1 rings (SSSR count). The highest BCUT2D eigenvalue weighted by atomic mass is 79.9. The van der Waals surface area contributed by atoms with Crippen LogP contribution >= 0.6 is 15.9 Å². The van der Waals surface area contributed by atoms with E-state index in [9.17, 15) is 0 Å². The molecule has 1 nitrogen and oxygen atoms in total. The van der Waals surface area contributed by atoms with E-state index in [1.807, 2.05) is 0 Å². The van der Waals surface area contributed by atoms with E-state index in [2.05, 4.69) is 29.8 Å². The van der Waals surface area contributed by atoms with Gasteiger partial charge in [0.1, 0.15) is 0 Å². The maximum Gasteiger partial charge on any atom is 0.0600 e. The lowest BCUT2D eigenvalue weighted by molar-refractivity contribution is -0.0428. The van der Waals surface area contributed by atoms with Crippen molar-refractivity contribution in [1.82, 2.24) is 0 Å². The summed E-state index contributed by atoms with van der Waals surface area (Å²) >= 11 is 3.58. The zero-order valence-electron chi connectivity index (χ0n) is 9.47. The lowest BCUT2D eigenvalue weighted by Crippen LogP contribution is -2.34. The van der Waals surface area contributed by atoms with E-state index in [0.717, 1.165) is 4.83 Å². The monoisotopic (exact) mass is 262 g/mol. The molecule has 0 bridgehead atoms. The maximum absolute atomic E-state index is 5.91. The number of ether oxygens (including phenoxy) is 1. The van der Waals surface area contributed by atoms with Crippen molar-refractivity contribution in [1.29, 1.82) is 0 Å². The fraction of sp³-hybridized carbons (Fsp3) is 1.00. The lowest BCUT2D eigenvalue weighted by Gasteiger charge is -2.33. The van der Waals surface area contributed by atoms with Gasteiger partial charge in [-0.1, -0.05) is 48.5 Å². The molecule has 0 aromatic rings. The van der Waals surface area contributed by atoms with Crippen molar-refractivity contribution in [2.75, 3.05) is 0 Å². The molecule has 0 heterocycles. The zero-order valence-corrected chi connectivity index (χ0v) is 11.1. The van der Waals surface area contributed by atoms with E-state index in [1.54, 1.807) is 0 Å². The van der Waals surface area contributed by atoms with Crippen LogP contribution in [0.2, 0.25) is 0 Å². The number of hydrogen-bond donors (Lipinski definition) is 0. The van der Waals surface area contributed by atoms with Gasteiger partial charge < -0.3 is 4.74 Å². The minimum absolute atomic E-state index is 0.469. The summed E-state index contributed by atoms with van der Waals surface area (Å²) in [7, 11) is 0. The minimum atomic E-state index is 0.469. The number of alkyl halides is 1. The molecule has 84 valence electrons. The molecular formula is C12H23BrO. The van der Waals surface area contributed by atoms with Gasteiger partial charge in [-0.2, -0.15) is 0 Å². The molecule has 1 atom stereocenters. The van der Waals surface area contributed by atoms with Crippen LogP contribution in [-0.2, 0) is 4.74 Å². The molecule has 0 saturated heterocycles. The van der Waals surface area contributed by atoms with E-state index >= 15 is 0 Å². The maximum atomic E-state index is 5.91. The molecule has 0 aromatic carbocycles. The van der Waals surface area contributed by atoms with Gasteiger partial charge in [-0.15, -0.1) is 0 Å². The van der Waals surface area contributed by atoms with Crippen LogP contribution in [0.5, 0.6) is 0 Å². The Morgan fingerprint density at radius 2 is 2.00 bits per heavy atom. The average molecular weight is 263 g/mol. The second kappa shape index (κ2) is 6.84. The van der Waals surface area contributed by atoms with Gasteiger partial charge in [0, 0.05) is 4.83 Å². The Kier molecular flexibility index (Phi) is 6.11. The van der Waals surface area contributed by atoms with Crippen LogP contribution in [0.25, 0.3) is 0 Å². The third kappa shape index (κ3) is 4.79. The first-order valence-electron chi connectivity index (χ1n) is 6.02. The summed E-state index contributed by atoms with van der Waals surface area (Å²) < 4.78 is 5.91. The molecule has 0 spiro atoms. The summed E-state index contributed by atoms with van der Waals surface area (Å²) in [6.45, 7) is 4.47. The second-order valence-electron chi connectivity index (χ2n) is 4.49. The Hall–Kier alpha value is 0.440. The summed E-state index contributed by atoms with van der Waals surface area (Å²) in [5, 5.41) is 0. The molecular weight excluding hydrogens is 240 g/mol. The van der Waals surface area contributed by atoms with Crippen LogP contribution in [0.15, 0.2) is 0 Å². The normalized spacial score (nSPS) is 28.5. The molecule has 0 aliphatic heterocycles. The lowest BCUT2D eigenvalue weighted by atomic mass is 9.95. The molecule has 14 heavy (non-hydrogen) atoms. The summed E-state index contributed by atoms with van der Waals surface area (Å²) in [5.74, 6) is 0. The van der Waals surface area contributed by atoms with Crippen LogP contribution in [0.1, 0.15) is 58.8 Å². The Morgan fingerprint density at radius 3 is 2.57 bits per heavy atom. The highest BCUT2D eigenvalue weighted by molar-refractivity contribution is 9.09. The number of rotatable bonds is 7. The van der Waals surface area contributed by atoms with Gasteiger partial charge in [-0.25, -0.2) is 0 Å². The molecule has 2 heteroatoms. The largest absolute Gasteiger partial charge is 0.375 e. The van der Waals surface area contributed by atoms with Gasteiger partial charge in [-0.3, -0.25) is 0 Å². The van der Waals surface area contributed by atoms with E-state index in [0.29, 0.717) is 12.2 Å². The first-order valence-corrected chi connectivity index (χ1v) is 6.93. The van der Waals surface area contributed by atoms with Crippen molar-refractivity contribution in [2.24, 2.45) is 0 Å². The molecule has 0 radical (unpaired) electrons. The summed E-state index contributed by atoms with van der Waals surface area (Å²) in [6.07, 6.45) is 10.1. The van der Waals surface area contributed by atoms with Crippen molar-refractivity contribution in [3.05, 3.63) is 0 Å². The number of hydrogen-bond acceptors (Lipinski definition) is 1. The number of unbranched alkanes of at least 4 members (excludes halogenated alkanes) is 3. The van der Waals surface area contributed by atoms with E-state index in [4.69, 9.17) is 4.74 Å². The van der Waals surface area contributed by atoms with Crippen molar-refractivity contribution in [2.45, 2.75) is 75.8 Å². The smallest absolute Gasteiger partial charge is 0.0600 e. The topological polar surface area (TPSA) is 9.23 Å². The first-order chi connectivity index (χ1) is 6.72. The Bertz CT molecular complexity index is 143. The minimum Gasteiger partial charge on any atom is -0.375 e. The Morgan fingerprint density at radius 1 is 1.29 bits per heavy atom. The fourth-order valence-electron chi connectivity index (χ4n) is 1.87. The predicted molar refractivity (Wildman–Crippen MR) is 65.0 cm³/mol. The van der Waals surface area contributed by atoms with Gasteiger partial charge in [0.25, 0.3) is 0 Å². The van der Waals surface area contributed by atoms with Crippen LogP contribution < -0.4 is 0 Å². The third-order valence-electron chi connectivity index (χ3n) is 2.93. The zero-order chi connectivity index (χ0) is 10.4. The molecule has 0 aromatic heterocycles. The molecule has 1 fully saturated rings. The molecule has 0 N–H and O–H groups in total. The average Bonchev–Trinajstić information content (AvgIpc) is 2.10. The Balaban J connectivity index is 1.91. The second-order valence-corrected chi connectivity index (χ2v) is 5.78. The van der Waals surface area contributed by atoms with Gasteiger partial charge in [0.15, 0.2) is 0 Å². The summed E-state index contributed by atoms with van der Waals surface area (Å²) in [6, 6.07) is 0. The highest BCUT2D eigenvalue weighted by Crippen LogP contribution is 2.31. The molecule has 0 amide bonds. The van der Waals surface area contributed by atoms with Gasteiger partial charge in [0.2, 0.25) is 0 Å². The van der Waals surface area contributed by atoms with Crippen LogP contribution in [-0.4, -0.2) is 17.0 Å².